The first-order chi connectivity index (χ1) is 14.7. The highest BCUT2D eigenvalue weighted by atomic mass is 16.7. The predicted octanol–water partition coefficient (Wildman–Crippen LogP) is 2.45. The lowest BCUT2D eigenvalue weighted by Crippen LogP contribution is -2.17. The molecule has 1 amide bonds. The molecule has 0 saturated heterocycles. The Bertz CT molecular complexity index is 1400. The van der Waals surface area contributed by atoms with E-state index in [4.69, 9.17) is 10.6 Å². The van der Waals surface area contributed by atoms with E-state index in [-0.39, 0.29) is 17.4 Å². The van der Waals surface area contributed by atoms with Crippen LogP contribution in [-0.4, -0.2) is 36.0 Å². The maximum Gasteiger partial charge on any atom is 0.347 e. The number of pyridine rings is 1. The molecule has 0 atom stereocenters. The van der Waals surface area contributed by atoms with Gasteiger partial charge >= 0.3 is 6.01 Å². The monoisotopic (exact) mass is 398 g/mol. The molecule has 30 heavy (non-hydrogen) atoms. The molecule has 0 radical (unpaired) electrons. The minimum Gasteiger partial charge on any atom is -0.365 e. The van der Waals surface area contributed by atoms with Gasteiger partial charge in [0.05, 0.1) is 17.4 Å². The van der Waals surface area contributed by atoms with Gasteiger partial charge in [0.25, 0.3) is 5.91 Å². The van der Waals surface area contributed by atoms with Crippen molar-refractivity contribution in [1.29, 1.82) is 0 Å². The van der Waals surface area contributed by atoms with E-state index in [2.05, 4.69) is 30.6 Å². The Morgan fingerprint density at radius 1 is 1.00 bits per heavy atom. The van der Waals surface area contributed by atoms with Crippen molar-refractivity contribution in [3.05, 3.63) is 72.6 Å². The summed E-state index contributed by atoms with van der Waals surface area (Å²) in [7, 11) is 0. The largest absolute Gasteiger partial charge is 0.365 e. The highest BCUT2D eigenvalue weighted by Gasteiger charge is 2.15. The Morgan fingerprint density at radius 3 is 2.67 bits per heavy atom. The summed E-state index contributed by atoms with van der Waals surface area (Å²) in [6, 6.07) is 16.8. The van der Waals surface area contributed by atoms with Crippen molar-refractivity contribution in [2.45, 2.75) is 0 Å². The van der Waals surface area contributed by atoms with Crippen molar-refractivity contribution in [2.75, 3.05) is 5.32 Å². The van der Waals surface area contributed by atoms with Crippen LogP contribution in [0.4, 0.5) is 11.5 Å². The normalized spacial score (nSPS) is 10.9. The lowest BCUT2D eigenvalue weighted by Gasteiger charge is -2.11. The Labute approximate surface area is 169 Å². The van der Waals surface area contributed by atoms with E-state index in [1.807, 2.05) is 42.5 Å². The summed E-state index contributed by atoms with van der Waals surface area (Å²) >= 11 is 0. The number of carbonyl (C=O) groups is 1. The second-order valence-corrected chi connectivity index (χ2v) is 6.36. The molecule has 0 spiro atoms. The third kappa shape index (κ3) is 3.22. The Balaban J connectivity index is 1.50. The maximum atomic E-state index is 11.8. The number of amides is 1. The van der Waals surface area contributed by atoms with Crippen LogP contribution in [-0.2, 0) is 0 Å². The molecule has 146 valence electrons. The van der Waals surface area contributed by atoms with Crippen LogP contribution >= 0.6 is 0 Å². The summed E-state index contributed by atoms with van der Waals surface area (Å²) in [4.78, 5) is 31.4. The first-order valence-corrected chi connectivity index (χ1v) is 8.95. The number of nitrogens with zero attached hydrogens (tertiary/aromatic N) is 6. The van der Waals surface area contributed by atoms with Gasteiger partial charge < -0.3 is 15.9 Å². The number of anilines is 2. The number of nitrogens with two attached hydrogens (primary N) is 1. The SMILES string of the molecule is NC(=O)c1cnc(On2nnc3ccccc32)nc1Nc1cnc2ccccc2c1. The van der Waals surface area contributed by atoms with E-state index in [9.17, 15) is 4.79 Å². The maximum absolute atomic E-state index is 11.8. The van der Waals surface area contributed by atoms with Crippen LogP contribution in [0.3, 0.4) is 0 Å². The third-order valence-corrected chi connectivity index (χ3v) is 4.37. The van der Waals surface area contributed by atoms with Gasteiger partial charge in [-0.05, 0) is 29.5 Å². The average Bonchev–Trinajstić information content (AvgIpc) is 3.16. The minimum atomic E-state index is -0.677. The fraction of sp³-hybridized carbons (Fsp3) is 0. The molecule has 0 aliphatic rings. The number of fused-ring (bicyclic) bond motifs is 2. The van der Waals surface area contributed by atoms with Crippen LogP contribution in [0, 0.1) is 0 Å². The number of hydrogen-bond acceptors (Lipinski definition) is 8. The molecular weight excluding hydrogens is 384 g/mol. The number of benzene rings is 2. The van der Waals surface area contributed by atoms with Gasteiger partial charge in [-0.3, -0.25) is 9.78 Å². The summed E-state index contributed by atoms with van der Waals surface area (Å²) in [6.45, 7) is 0. The summed E-state index contributed by atoms with van der Waals surface area (Å²) in [5, 5.41) is 11.9. The number of nitrogens with one attached hydrogen (secondary N) is 1. The quantitative estimate of drug-likeness (QED) is 0.461. The van der Waals surface area contributed by atoms with Gasteiger partial charge in [-0.15, -0.1) is 5.10 Å². The van der Waals surface area contributed by atoms with Gasteiger partial charge in [-0.1, -0.05) is 35.2 Å². The van der Waals surface area contributed by atoms with E-state index in [1.54, 1.807) is 18.3 Å². The number of aromatic nitrogens is 6. The van der Waals surface area contributed by atoms with Crippen molar-refractivity contribution in [2.24, 2.45) is 5.73 Å². The summed E-state index contributed by atoms with van der Waals surface area (Å²) in [5.41, 5.74) is 8.37. The topological polar surface area (TPSA) is 134 Å². The number of primary amides is 1. The predicted molar refractivity (Wildman–Crippen MR) is 109 cm³/mol. The van der Waals surface area contributed by atoms with Crippen LogP contribution in [0.2, 0.25) is 0 Å². The molecule has 10 nitrogen and oxygen atoms in total. The molecule has 0 bridgehead atoms. The van der Waals surface area contributed by atoms with Gasteiger partial charge in [0, 0.05) is 11.6 Å². The van der Waals surface area contributed by atoms with Crippen molar-refractivity contribution >= 4 is 39.3 Å². The van der Waals surface area contributed by atoms with E-state index in [1.165, 1.54) is 11.0 Å². The zero-order valence-corrected chi connectivity index (χ0v) is 15.4. The Morgan fingerprint density at radius 2 is 1.80 bits per heavy atom. The van der Waals surface area contributed by atoms with Crippen molar-refractivity contribution in [3.63, 3.8) is 0 Å². The van der Waals surface area contributed by atoms with Crippen LogP contribution in [0.1, 0.15) is 10.4 Å². The van der Waals surface area contributed by atoms with Gasteiger partial charge in [0.15, 0.2) is 5.82 Å². The van der Waals surface area contributed by atoms with E-state index < -0.39 is 5.91 Å². The Hall–Kier alpha value is -4.60. The standard InChI is InChI=1S/C20H14N8O2/c21-18(29)14-11-23-20(30-28-17-8-4-3-7-16(17)26-27-28)25-19(14)24-13-9-12-5-1-2-6-15(12)22-10-13/h1-11H,(H2,21,29)(H,23,24,25). The molecule has 3 aromatic heterocycles. The van der Waals surface area contributed by atoms with Gasteiger partial charge in [-0.2, -0.15) is 4.98 Å². The number of rotatable bonds is 5. The first-order valence-electron chi connectivity index (χ1n) is 8.95. The summed E-state index contributed by atoms with van der Waals surface area (Å²) in [6.07, 6.45) is 2.93. The zero-order valence-electron chi connectivity index (χ0n) is 15.4. The molecule has 2 aromatic carbocycles. The molecule has 0 aliphatic carbocycles. The van der Waals surface area contributed by atoms with Crippen molar-refractivity contribution in [1.82, 2.24) is 30.1 Å². The molecule has 5 aromatic rings. The molecule has 0 unspecified atom stereocenters. The van der Waals surface area contributed by atoms with E-state index >= 15 is 0 Å². The Kier molecular flexibility index (Phi) is 4.14. The van der Waals surface area contributed by atoms with Crippen molar-refractivity contribution < 1.29 is 9.63 Å². The van der Waals surface area contributed by atoms with Crippen LogP contribution in [0.15, 0.2) is 67.0 Å². The fourth-order valence-corrected chi connectivity index (χ4v) is 2.95. The second-order valence-electron chi connectivity index (χ2n) is 6.36. The molecule has 3 N–H and O–H groups in total. The highest BCUT2D eigenvalue weighted by molar-refractivity contribution is 5.98. The fourth-order valence-electron chi connectivity index (χ4n) is 2.95. The second kappa shape index (κ2) is 7.09. The van der Waals surface area contributed by atoms with E-state index in [0.717, 1.165) is 10.9 Å². The van der Waals surface area contributed by atoms with Gasteiger partial charge in [-0.25, -0.2) is 4.98 Å². The molecule has 3 heterocycles. The van der Waals surface area contributed by atoms with Crippen LogP contribution < -0.4 is 15.9 Å². The smallest absolute Gasteiger partial charge is 0.347 e. The van der Waals surface area contributed by atoms with E-state index in [0.29, 0.717) is 16.7 Å². The molecule has 0 fully saturated rings. The molecule has 0 aliphatic heterocycles. The third-order valence-electron chi connectivity index (χ3n) is 4.37. The molecular formula is C20H14N8O2. The van der Waals surface area contributed by atoms with Crippen LogP contribution in [0.25, 0.3) is 21.9 Å². The lowest BCUT2D eigenvalue weighted by molar-refractivity contribution is 0.1000. The van der Waals surface area contributed by atoms with Gasteiger partial charge in [0.2, 0.25) is 0 Å². The minimum absolute atomic E-state index is 0.0353. The van der Waals surface area contributed by atoms with Gasteiger partial charge in [0.1, 0.15) is 16.6 Å². The van der Waals surface area contributed by atoms with Crippen molar-refractivity contribution in [3.8, 4) is 6.01 Å². The summed E-state index contributed by atoms with van der Waals surface area (Å²) < 4.78 is 0. The number of para-hydroxylation sites is 2. The average molecular weight is 398 g/mol. The van der Waals surface area contributed by atoms with Crippen LogP contribution in [0.5, 0.6) is 6.01 Å². The molecule has 0 saturated carbocycles. The molecule has 10 heteroatoms. The first kappa shape index (κ1) is 17.5. The number of hydrogen-bond donors (Lipinski definition) is 2. The highest BCUT2D eigenvalue weighted by Crippen LogP contribution is 2.23. The zero-order chi connectivity index (χ0) is 20.5. The number of carbonyl (C=O) groups excluding carboxylic acids is 1. The molecule has 5 rings (SSSR count). The lowest BCUT2D eigenvalue weighted by atomic mass is 10.2. The summed E-state index contributed by atoms with van der Waals surface area (Å²) in [5.74, 6) is -0.488.